The molecule has 13 heteroatoms. The van der Waals surface area contributed by atoms with E-state index in [4.69, 9.17) is 0 Å². The van der Waals surface area contributed by atoms with Crippen LogP contribution in [0.15, 0.2) is 0 Å². The van der Waals surface area contributed by atoms with E-state index in [1.54, 1.807) is 0 Å². The molecule has 1 aliphatic rings. The second kappa shape index (κ2) is 6.54. The molecule has 0 radical (unpaired) electrons. The van der Waals surface area contributed by atoms with Crippen molar-refractivity contribution in [3.8, 4) is 0 Å². The van der Waals surface area contributed by atoms with E-state index in [0.717, 1.165) is 0 Å². The molecule has 1 fully saturated rings. The van der Waals surface area contributed by atoms with E-state index in [1.165, 1.54) is 0 Å². The predicted molar refractivity (Wildman–Crippen MR) is 42.7 cm³/mol. The zero-order valence-corrected chi connectivity index (χ0v) is 11.0. The van der Waals surface area contributed by atoms with Gasteiger partial charge in [0.25, 0.3) is 0 Å². The molecular weight excluding hydrogens is 282 g/mol. The second-order valence-electron chi connectivity index (χ2n) is 2.94. The molecule has 0 N–H and O–H groups in total. The maximum atomic E-state index is 10.9. The van der Waals surface area contributed by atoms with Crippen LogP contribution in [0.5, 0.6) is 0 Å². The number of carbonyl (C=O) groups is 2. The van der Waals surface area contributed by atoms with Crippen LogP contribution in [0.3, 0.4) is 0 Å². The maximum absolute atomic E-state index is 10.9. The summed E-state index contributed by atoms with van der Waals surface area (Å²) in [5, 5.41) is -5.11. The minimum atomic E-state index is -5.39. The van der Waals surface area contributed by atoms with Crippen LogP contribution in [0.2, 0.25) is 0 Å². The SMILES string of the molecule is O=C1CC(S(=O)(=O)[O-])C(S(=O)(=O)[O-])C(=O)O1.[Li+].[Li+]. The first-order valence-electron chi connectivity index (χ1n) is 3.67. The third-order valence-corrected chi connectivity index (χ3v) is 4.33. The number of ether oxygens (including phenoxy) is 1. The topological polar surface area (TPSA) is 158 Å². The van der Waals surface area contributed by atoms with Crippen molar-refractivity contribution in [2.24, 2.45) is 0 Å². The fourth-order valence-electron chi connectivity index (χ4n) is 1.19. The number of hydrogen-bond acceptors (Lipinski definition) is 9. The summed E-state index contributed by atoms with van der Waals surface area (Å²) in [6, 6.07) is 0. The molecule has 0 aliphatic carbocycles. The molecule has 1 saturated heterocycles. The Morgan fingerprint density at radius 2 is 1.44 bits per heavy atom. The fourth-order valence-corrected chi connectivity index (χ4v) is 3.51. The summed E-state index contributed by atoms with van der Waals surface area (Å²) in [5.74, 6) is -3.20. The number of cyclic esters (lactones) is 2. The van der Waals surface area contributed by atoms with E-state index in [1.807, 2.05) is 0 Å². The van der Waals surface area contributed by atoms with Gasteiger partial charge in [0.15, 0.2) is 5.25 Å². The first-order valence-corrected chi connectivity index (χ1v) is 6.61. The molecule has 9 nitrogen and oxygen atoms in total. The molecule has 92 valence electrons. The predicted octanol–water partition coefficient (Wildman–Crippen LogP) is -8.70. The first kappa shape index (κ1) is 20.5. The van der Waals surface area contributed by atoms with Crippen LogP contribution >= 0.6 is 0 Å². The van der Waals surface area contributed by atoms with Gasteiger partial charge in [0.2, 0.25) is 0 Å². The monoisotopic (exact) mass is 286 g/mol. The van der Waals surface area contributed by atoms with Gasteiger partial charge in [-0.1, -0.05) is 0 Å². The quantitative estimate of drug-likeness (QED) is 0.208. The summed E-state index contributed by atoms with van der Waals surface area (Å²) in [6.45, 7) is 0. The summed E-state index contributed by atoms with van der Waals surface area (Å²) in [4.78, 5) is 21.5. The minimum Gasteiger partial charge on any atom is -0.748 e. The van der Waals surface area contributed by atoms with E-state index in [2.05, 4.69) is 4.74 Å². The fraction of sp³-hybridized carbons (Fsp3) is 0.600. The maximum Gasteiger partial charge on any atom is 1.00 e. The average molecular weight is 286 g/mol. The van der Waals surface area contributed by atoms with Gasteiger partial charge in [-0.2, -0.15) is 0 Å². The van der Waals surface area contributed by atoms with Crippen molar-refractivity contribution < 1.29 is 78.0 Å². The minimum absolute atomic E-state index is 0. The number of carbonyl (C=O) groups excluding carboxylic acids is 2. The largest absolute Gasteiger partial charge is 1.00 e. The molecule has 0 spiro atoms. The Hall–Kier alpha value is 0.155. The molecule has 2 atom stereocenters. The van der Waals surface area contributed by atoms with Crippen molar-refractivity contribution in [1.29, 1.82) is 0 Å². The van der Waals surface area contributed by atoms with Gasteiger partial charge in [-0.25, -0.2) is 16.8 Å². The molecule has 0 aromatic carbocycles. The van der Waals surface area contributed by atoms with E-state index >= 15 is 0 Å². The van der Waals surface area contributed by atoms with Gasteiger partial charge in [0, 0.05) is 0 Å². The van der Waals surface area contributed by atoms with Crippen LogP contribution < -0.4 is 37.7 Å². The summed E-state index contributed by atoms with van der Waals surface area (Å²) >= 11 is 0. The normalized spacial score (nSPS) is 24.6. The van der Waals surface area contributed by atoms with E-state index in [0.29, 0.717) is 0 Å². The zero-order valence-electron chi connectivity index (χ0n) is 9.35. The summed E-state index contributed by atoms with van der Waals surface area (Å²) in [6.07, 6.45) is -1.14. The van der Waals surface area contributed by atoms with E-state index in [-0.39, 0.29) is 37.7 Å². The van der Waals surface area contributed by atoms with Crippen molar-refractivity contribution in [2.45, 2.75) is 16.9 Å². The second-order valence-corrected chi connectivity index (χ2v) is 6.03. The Morgan fingerprint density at radius 1 is 1.00 bits per heavy atom. The molecule has 0 saturated carbocycles. The number of hydrogen-bond donors (Lipinski definition) is 0. The third-order valence-electron chi connectivity index (χ3n) is 1.83. The Labute approximate surface area is 126 Å². The smallest absolute Gasteiger partial charge is 0.748 e. The molecule has 0 aromatic heterocycles. The molecule has 0 aromatic rings. The Morgan fingerprint density at radius 3 is 1.78 bits per heavy atom. The zero-order chi connectivity index (χ0) is 12.7. The standard InChI is InChI=1S/C5H6O9S2.2Li/c6-3-1-2(15(8,9)10)4(5(7)14-3)16(11,12)13;;/h2,4H,1H2,(H,8,9,10)(H,11,12,13);;/q;2*+1/p-2. The van der Waals surface area contributed by atoms with Crippen LogP contribution in [-0.4, -0.2) is 48.4 Å². The Kier molecular flexibility index (Phi) is 7.44. The number of rotatable bonds is 2. The average Bonchev–Trinajstić information content (AvgIpc) is 1.97. The van der Waals surface area contributed by atoms with Crippen molar-refractivity contribution in [2.75, 3.05) is 0 Å². The molecule has 18 heavy (non-hydrogen) atoms. The van der Waals surface area contributed by atoms with Gasteiger partial charge in [-0.15, -0.1) is 0 Å². The molecule has 1 heterocycles. The van der Waals surface area contributed by atoms with Gasteiger partial charge in [-0.3, -0.25) is 9.59 Å². The summed E-state index contributed by atoms with van der Waals surface area (Å²) in [7, 11) is -10.7. The van der Waals surface area contributed by atoms with E-state index < -0.39 is 49.1 Å². The van der Waals surface area contributed by atoms with Crippen molar-refractivity contribution in [1.82, 2.24) is 0 Å². The summed E-state index contributed by atoms with van der Waals surface area (Å²) in [5.41, 5.74) is 0. The van der Waals surface area contributed by atoms with Crippen molar-refractivity contribution >= 4 is 32.2 Å². The van der Waals surface area contributed by atoms with Crippen LogP contribution in [0.25, 0.3) is 0 Å². The van der Waals surface area contributed by atoms with Gasteiger partial charge in [0.05, 0.1) is 21.8 Å². The third kappa shape index (κ3) is 4.68. The van der Waals surface area contributed by atoms with Crippen LogP contribution in [0.4, 0.5) is 0 Å². The van der Waals surface area contributed by atoms with Crippen LogP contribution in [0.1, 0.15) is 6.42 Å². The number of esters is 2. The molecule has 1 aliphatic heterocycles. The molecule has 0 bridgehead atoms. The van der Waals surface area contributed by atoms with Crippen LogP contribution in [0, 0.1) is 0 Å². The summed E-state index contributed by atoms with van der Waals surface area (Å²) < 4.78 is 67.4. The van der Waals surface area contributed by atoms with Gasteiger partial charge < -0.3 is 13.8 Å². The van der Waals surface area contributed by atoms with E-state index in [9.17, 15) is 35.5 Å². The van der Waals surface area contributed by atoms with Crippen LogP contribution in [-0.2, 0) is 34.6 Å². The molecule has 0 amide bonds. The molecular formula is C5H4Li2O9S2. The molecule has 1 rings (SSSR count). The van der Waals surface area contributed by atoms with Crippen molar-refractivity contribution in [3.63, 3.8) is 0 Å². The van der Waals surface area contributed by atoms with Gasteiger partial charge >= 0.3 is 49.7 Å². The Bertz CT molecular complexity index is 535. The van der Waals surface area contributed by atoms with Crippen molar-refractivity contribution in [3.05, 3.63) is 0 Å². The molecule has 2 unspecified atom stereocenters. The van der Waals surface area contributed by atoms with Gasteiger partial charge in [0.1, 0.15) is 10.1 Å². The Balaban J connectivity index is 0. The van der Waals surface area contributed by atoms with Gasteiger partial charge in [-0.05, 0) is 0 Å². The first-order chi connectivity index (χ1) is 7.03.